The number of thioether (sulfide) groups is 1. The molecule has 1 fully saturated rings. The number of carbonyl (C=O) groups excluding carboxylic acids is 1. The fraction of sp³-hybridized carbons (Fsp3) is 0.241. The van der Waals surface area contributed by atoms with Gasteiger partial charge in [-0.3, -0.25) is 9.69 Å². The maximum Gasteiger partial charge on any atom is 0.317 e. The van der Waals surface area contributed by atoms with Crippen LogP contribution in [0, 0.1) is 0 Å². The second-order valence-electron chi connectivity index (χ2n) is 8.98. The highest BCUT2D eigenvalue weighted by Gasteiger charge is 2.21. The maximum absolute atomic E-state index is 12.8. The van der Waals surface area contributed by atoms with Crippen LogP contribution in [0.5, 0.6) is 0 Å². The van der Waals surface area contributed by atoms with Crippen LogP contribution >= 0.6 is 11.8 Å². The molecule has 1 aliphatic rings. The van der Waals surface area contributed by atoms with Crippen LogP contribution in [0.1, 0.15) is 5.56 Å². The second-order valence-corrected chi connectivity index (χ2v) is 9.94. The van der Waals surface area contributed by atoms with Crippen molar-refractivity contribution in [3.8, 4) is 0 Å². The first-order chi connectivity index (χ1) is 17.7. The highest BCUT2D eigenvalue weighted by Crippen LogP contribution is 2.21. The Morgan fingerprint density at radius 1 is 0.972 bits per heavy atom. The van der Waals surface area contributed by atoms with Crippen molar-refractivity contribution in [3.05, 3.63) is 97.1 Å². The molecule has 0 bridgehead atoms. The molecule has 2 heterocycles. The number of imidazole rings is 1. The molecule has 5 rings (SSSR count). The summed E-state index contributed by atoms with van der Waals surface area (Å²) in [5.41, 5.74) is 5.44. The minimum Gasteiger partial charge on any atom is -0.369 e. The van der Waals surface area contributed by atoms with Gasteiger partial charge in [-0.1, -0.05) is 48.5 Å². The summed E-state index contributed by atoms with van der Waals surface area (Å²) in [7, 11) is 0. The van der Waals surface area contributed by atoms with Crippen LogP contribution in [0.25, 0.3) is 11.0 Å². The molecule has 3 aromatic carbocycles. The summed E-state index contributed by atoms with van der Waals surface area (Å²) in [6, 6.07) is 26.8. The number of rotatable bonds is 9. The minimum absolute atomic E-state index is 0.0179. The van der Waals surface area contributed by atoms with Gasteiger partial charge in [0.05, 0.1) is 5.75 Å². The van der Waals surface area contributed by atoms with Gasteiger partial charge in [0.25, 0.3) is 0 Å². The topological polar surface area (TPSA) is 55.2 Å². The molecule has 4 aromatic rings. The van der Waals surface area contributed by atoms with Gasteiger partial charge in [0.1, 0.15) is 6.54 Å². The maximum atomic E-state index is 12.8. The third kappa shape index (κ3) is 5.80. The Morgan fingerprint density at radius 2 is 1.69 bits per heavy atom. The lowest BCUT2D eigenvalue weighted by Crippen LogP contribution is -2.46. The average Bonchev–Trinajstić information content (AvgIpc) is 3.26. The zero-order chi connectivity index (χ0) is 24.7. The molecule has 0 saturated carbocycles. The quantitative estimate of drug-likeness (QED) is 0.202. The molecule has 6 nitrogen and oxygen atoms in total. The fourth-order valence-corrected chi connectivity index (χ4v) is 5.44. The largest absolute Gasteiger partial charge is 0.369 e. The second kappa shape index (κ2) is 11.5. The normalized spacial score (nSPS) is 14.2. The van der Waals surface area contributed by atoms with Gasteiger partial charge < -0.3 is 10.2 Å². The molecule has 36 heavy (non-hydrogen) atoms. The van der Waals surface area contributed by atoms with Gasteiger partial charge in [-0.15, -0.1) is 6.58 Å². The van der Waals surface area contributed by atoms with E-state index in [2.05, 4.69) is 79.8 Å². The Bertz CT molecular complexity index is 1310. The van der Waals surface area contributed by atoms with E-state index in [0.29, 0.717) is 5.75 Å². The summed E-state index contributed by atoms with van der Waals surface area (Å²) in [6.07, 6.45) is 1.96. The number of benzene rings is 3. The Kier molecular flexibility index (Phi) is 7.69. The molecule has 0 aliphatic carbocycles. The third-order valence-electron chi connectivity index (χ3n) is 6.48. The number of aromatic amines is 1. The van der Waals surface area contributed by atoms with Crippen molar-refractivity contribution in [3.63, 3.8) is 0 Å². The third-order valence-corrected chi connectivity index (χ3v) is 7.48. The first-order valence-electron chi connectivity index (χ1n) is 12.3. The lowest BCUT2D eigenvalue weighted by Gasteiger charge is -2.35. The Morgan fingerprint density at radius 3 is 2.44 bits per heavy atom. The molecule has 0 radical (unpaired) electrons. The number of nitrogens with one attached hydrogen (secondary N) is 2. The van der Waals surface area contributed by atoms with Crippen molar-refractivity contribution in [2.75, 3.05) is 48.7 Å². The molecule has 7 heteroatoms. The van der Waals surface area contributed by atoms with Crippen LogP contribution < -0.4 is 14.8 Å². The van der Waals surface area contributed by atoms with E-state index < -0.39 is 0 Å². The number of hydrogen-bond donors (Lipinski definition) is 2. The van der Waals surface area contributed by atoms with Gasteiger partial charge >= 0.3 is 5.16 Å². The Balaban J connectivity index is 1.20. The van der Waals surface area contributed by atoms with Crippen molar-refractivity contribution in [1.82, 2.24) is 9.88 Å². The number of piperazine rings is 1. The van der Waals surface area contributed by atoms with Crippen LogP contribution in [0.15, 0.2) is 96.7 Å². The van der Waals surface area contributed by atoms with Gasteiger partial charge in [-0.2, -0.15) is 0 Å². The Hall–Kier alpha value is -3.55. The number of carbonyl (C=O) groups is 1. The molecule has 1 aliphatic heterocycles. The van der Waals surface area contributed by atoms with Crippen LogP contribution in [0.4, 0.5) is 11.4 Å². The highest BCUT2D eigenvalue weighted by molar-refractivity contribution is 7.99. The number of aromatic nitrogens is 2. The molecule has 0 atom stereocenters. The van der Waals surface area contributed by atoms with Gasteiger partial charge in [0.15, 0.2) is 11.0 Å². The summed E-state index contributed by atoms with van der Waals surface area (Å²) >= 11 is 1.52. The van der Waals surface area contributed by atoms with E-state index >= 15 is 0 Å². The van der Waals surface area contributed by atoms with E-state index in [1.807, 2.05) is 36.4 Å². The van der Waals surface area contributed by atoms with Gasteiger partial charge in [-0.25, -0.2) is 9.55 Å². The monoisotopic (exact) mass is 498 g/mol. The first-order valence-corrected chi connectivity index (χ1v) is 13.3. The number of para-hydroxylation sites is 2. The summed E-state index contributed by atoms with van der Waals surface area (Å²) in [4.78, 5) is 21.1. The molecule has 2 N–H and O–H groups in total. The van der Waals surface area contributed by atoms with E-state index in [0.717, 1.165) is 61.1 Å². The molecule has 1 aromatic heterocycles. The fourth-order valence-electron chi connectivity index (χ4n) is 4.60. The molecule has 1 amide bonds. The van der Waals surface area contributed by atoms with Crippen LogP contribution in [-0.4, -0.2) is 54.3 Å². The zero-order valence-electron chi connectivity index (χ0n) is 20.4. The predicted octanol–water partition coefficient (Wildman–Crippen LogP) is 4.54. The number of nitrogens with zero attached hydrogens (tertiary/aromatic N) is 3. The van der Waals surface area contributed by atoms with E-state index in [1.165, 1.54) is 23.0 Å². The number of amides is 1. The molecule has 184 valence electrons. The Labute approximate surface area is 216 Å². The molecule has 0 unspecified atom stereocenters. The van der Waals surface area contributed by atoms with Crippen molar-refractivity contribution in [2.45, 2.75) is 11.7 Å². The first kappa shape index (κ1) is 24.2. The summed E-state index contributed by atoms with van der Waals surface area (Å²) in [5.74, 6) is 0.310. The van der Waals surface area contributed by atoms with Crippen molar-refractivity contribution < 1.29 is 9.36 Å². The average molecular weight is 499 g/mol. The lowest BCUT2D eigenvalue weighted by atomic mass is 10.2. The number of fused-ring (bicyclic) bond motifs is 1. The molecular formula is C29H32N5OS+. The van der Waals surface area contributed by atoms with Gasteiger partial charge in [0.2, 0.25) is 5.91 Å². The van der Waals surface area contributed by atoms with E-state index in [4.69, 9.17) is 0 Å². The van der Waals surface area contributed by atoms with E-state index in [-0.39, 0.29) is 5.91 Å². The van der Waals surface area contributed by atoms with Crippen molar-refractivity contribution in [1.29, 1.82) is 0 Å². The van der Waals surface area contributed by atoms with E-state index in [9.17, 15) is 4.79 Å². The smallest absolute Gasteiger partial charge is 0.317 e. The summed E-state index contributed by atoms with van der Waals surface area (Å²) in [6.45, 7) is 9.62. The van der Waals surface area contributed by atoms with E-state index in [1.54, 1.807) is 0 Å². The number of hydrogen-bond acceptors (Lipinski definition) is 4. The summed E-state index contributed by atoms with van der Waals surface area (Å²) in [5, 5.41) is 4.02. The van der Waals surface area contributed by atoms with Crippen LogP contribution in [0.2, 0.25) is 0 Å². The number of H-pyrrole nitrogens is 1. The molecular weight excluding hydrogens is 466 g/mol. The minimum atomic E-state index is -0.0179. The molecule has 1 saturated heterocycles. The highest BCUT2D eigenvalue weighted by atomic mass is 32.2. The lowest BCUT2D eigenvalue weighted by molar-refractivity contribution is -0.700. The zero-order valence-corrected chi connectivity index (χ0v) is 21.2. The SMILES string of the molecule is C=CCN1CCN(c2ccc(NC(=O)CSc3[nH]c4ccccc4[n+]3Cc3ccccc3)cc2)CC1. The van der Waals surface area contributed by atoms with Crippen molar-refractivity contribution >= 4 is 40.1 Å². The van der Waals surface area contributed by atoms with Gasteiger partial charge in [0, 0.05) is 44.1 Å². The van der Waals surface area contributed by atoms with Crippen LogP contribution in [-0.2, 0) is 11.3 Å². The predicted molar refractivity (Wildman–Crippen MR) is 149 cm³/mol. The number of anilines is 2. The standard InChI is InChI=1S/C29H31N5OS/c1-2-16-32-17-19-33(20-18-32)25-14-12-24(13-15-25)30-28(35)22-36-29-31-26-10-6-7-11-27(26)34(29)21-23-8-4-3-5-9-23/h2-15H,1,16-22H2,(H,30,35)/p+1. The summed E-state index contributed by atoms with van der Waals surface area (Å²) < 4.78 is 2.24. The van der Waals surface area contributed by atoms with Crippen LogP contribution in [0.3, 0.4) is 0 Å². The van der Waals surface area contributed by atoms with Gasteiger partial charge in [-0.05, 0) is 53.7 Å². The molecule has 0 spiro atoms. The van der Waals surface area contributed by atoms with Crippen molar-refractivity contribution in [2.24, 2.45) is 0 Å².